The fourth-order valence-corrected chi connectivity index (χ4v) is 3.80. The van der Waals surface area contributed by atoms with Crippen LogP contribution in [-0.2, 0) is 16.6 Å². The average Bonchev–Trinajstić information content (AvgIpc) is 2.29. The van der Waals surface area contributed by atoms with E-state index in [0.717, 1.165) is 24.8 Å². The lowest BCUT2D eigenvalue weighted by Gasteiger charge is -2.33. The van der Waals surface area contributed by atoms with Gasteiger partial charge in [-0.15, -0.1) is 0 Å². The average molecular weight is 303 g/mol. The number of nitrogens with one attached hydrogen (secondary N) is 1. The smallest absolute Gasteiger partial charge is 0.243 e. The van der Waals surface area contributed by atoms with Crippen molar-refractivity contribution in [2.75, 3.05) is 14.1 Å². The topological polar surface area (TPSA) is 49.4 Å². The van der Waals surface area contributed by atoms with Gasteiger partial charge in [0.2, 0.25) is 10.0 Å². The van der Waals surface area contributed by atoms with Gasteiger partial charge in [-0.3, -0.25) is 0 Å². The molecule has 0 spiro atoms. The normalized spacial score (nSPS) is 16.6. The zero-order valence-corrected chi connectivity index (χ0v) is 12.8. The third-order valence-corrected chi connectivity index (χ3v) is 5.93. The van der Waals surface area contributed by atoms with Crippen molar-refractivity contribution in [2.24, 2.45) is 0 Å². The first kappa shape index (κ1) is 14.8. The fraction of sp³-hybridized carbons (Fsp3) is 0.538. The van der Waals surface area contributed by atoms with Crippen molar-refractivity contribution in [2.45, 2.75) is 36.7 Å². The quantitative estimate of drug-likeness (QED) is 0.907. The summed E-state index contributed by atoms with van der Waals surface area (Å²) in [6, 6.07) is 5.03. The Kier molecular flexibility index (Phi) is 4.50. The maximum atomic E-state index is 12.5. The van der Waals surface area contributed by atoms with Crippen LogP contribution in [0.15, 0.2) is 23.1 Å². The van der Waals surface area contributed by atoms with Crippen molar-refractivity contribution in [3.8, 4) is 0 Å². The van der Waals surface area contributed by atoms with Gasteiger partial charge in [0.1, 0.15) is 0 Å². The van der Waals surface area contributed by atoms with Gasteiger partial charge in [0.15, 0.2) is 0 Å². The predicted molar refractivity (Wildman–Crippen MR) is 76.8 cm³/mol. The molecule has 2 rings (SSSR count). The monoisotopic (exact) mass is 302 g/mol. The van der Waals surface area contributed by atoms with Crippen LogP contribution in [0, 0.1) is 0 Å². The van der Waals surface area contributed by atoms with Gasteiger partial charge < -0.3 is 5.32 Å². The van der Waals surface area contributed by atoms with E-state index < -0.39 is 10.0 Å². The molecule has 1 aliphatic carbocycles. The van der Waals surface area contributed by atoms with Crippen LogP contribution in [0.5, 0.6) is 0 Å². The van der Waals surface area contributed by atoms with E-state index in [1.54, 1.807) is 32.3 Å². The Morgan fingerprint density at radius 3 is 2.63 bits per heavy atom. The lowest BCUT2D eigenvalue weighted by Crippen LogP contribution is -2.41. The Morgan fingerprint density at radius 1 is 1.42 bits per heavy atom. The van der Waals surface area contributed by atoms with E-state index in [-0.39, 0.29) is 6.04 Å². The van der Waals surface area contributed by atoms with Crippen LogP contribution in [0.4, 0.5) is 0 Å². The number of nitrogens with zero attached hydrogens (tertiary/aromatic N) is 1. The molecule has 6 heteroatoms. The molecule has 1 aromatic rings. The zero-order chi connectivity index (χ0) is 14.0. The lowest BCUT2D eigenvalue weighted by atomic mass is 9.94. The molecule has 19 heavy (non-hydrogen) atoms. The summed E-state index contributed by atoms with van der Waals surface area (Å²) in [6.45, 7) is 0.551. The third-order valence-electron chi connectivity index (χ3n) is 3.65. The Balaban J connectivity index is 2.31. The van der Waals surface area contributed by atoms with Gasteiger partial charge in [-0.1, -0.05) is 18.0 Å². The highest BCUT2D eigenvalue weighted by molar-refractivity contribution is 7.89. The van der Waals surface area contributed by atoms with Crippen molar-refractivity contribution in [3.63, 3.8) is 0 Å². The molecule has 0 bridgehead atoms. The lowest BCUT2D eigenvalue weighted by molar-refractivity contribution is 0.249. The standard InChI is InChI=1S/C13H19ClN2O2S/c1-15-9-10-8-12(6-7-13(10)14)19(17,18)16(2)11-4-3-5-11/h6-8,11,15H,3-5,9H2,1-2H3. The molecule has 0 atom stereocenters. The Morgan fingerprint density at radius 2 is 2.11 bits per heavy atom. The summed E-state index contributed by atoms with van der Waals surface area (Å²) in [5.41, 5.74) is 0.798. The van der Waals surface area contributed by atoms with E-state index >= 15 is 0 Å². The first-order valence-corrected chi connectivity index (χ1v) is 8.19. The highest BCUT2D eigenvalue weighted by Gasteiger charge is 2.31. The molecule has 1 fully saturated rings. The molecule has 0 heterocycles. The van der Waals surface area contributed by atoms with E-state index in [1.807, 2.05) is 0 Å². The molecule has 0 unspecified atom stereocenters. The Hall–Kier alpha value is -0.620. The van der Waals surface area contributed by atoms with Gasteiger partial charge in [-0.05, 0) is 43.7 Å². The van der Waals surface area contributed by atoms with Gasteiger partial charge in [0.25, 0.3) is 0 Å². The molecule has 0 saturated heterocycles. The minimum atomic E-state index is -3.41. The number of halogens is 1. The van der Waals surface area contributed by atoms with Gasteiger partial charge in [-0.25, -0.2) is 8.42 Å². The summed E-state index contributed by atoms with van der Waals surface area (Å²) in [5, 5.41) is 3.57. The molecule has 0 radical (unpaired) electrons. The minimum Gasteiger partial charge on any atom is -0.316 e. The summed E-state index contributed by atoms with van der Waals surface area (Å²) < 4.78 is 26.5. The molecule has 4 nitrogen and oxygen atoms in total. The van der Waals surface area contributed by atoms with Crippen molar-refractivity contribution in [1.29, 1.82) is 0 Å². The van der Waals surface area contributed by atoms with Crippen LogP contribution in [0.3, 0.4) is 0 Å². The summed E-state index contributed by atoms with van der Waals surface area (Å²) >= 11 is 6.06. The molecule has 1 aliphatic rings. The summed E-state index contributed by atoms with van der Waals surface area (Å²) in [5.74, 6) is 0. The van der Waals surface area contributed by atoms with E-state index in [1.165, 1.54) is 4.31 Å². The maximum Gasteiger partial charge on any atom is 0.243 e. The Labute approximate surface area is 119 Å². The molecule has 106 valence electrons. The van der Waals surface area contributed by atoms with Crippen LogP contribution in [0.25, 0.3) is 0 Å². The summed E-state index contributed by atoms with van der Waals surface area (Å²) in [4.78, 5) is 0.316. The highest BCUT2D eigenvalue weighted by atomic mass is 35.5. The molecule has 1 N–H and O–H groups in total. The van der Waals surface area contributed by atoms with Gasteiger partial charge in [0.05, 0.1) is 4.90 Å². The van der Waals surface area contributed by atoms with Crippen molar-refractivity contribution in [3.05, 3.63) is 28.8 Å². The number of hydrogen-bond donors (Lipinski definition) is 1. The second-order valence-electron chi connectivity index (χ2n) is 4.89. The first-order valence-electron chi connectivity index (χ1n) is 6.38. The fourth-order valence-electron chi connectivity index (χ4n) is 2.15. The summed E-state index contributed by atoms with van der Waals surface area (Å²) in [7, 11) is 0.0521. The predicted octanol–water partition coefficient (Wildman–Crippen LogP) is 2.23. The molecular formula is C13H19ClN2O2S. The molecular weight excluding hydrogens is 284 g/mol. The van der Waals surface area contributed by atoms with E-state index in [4.69, 9.17) is 11.6 Å². The van der Waals surface area contributed by atoms with Crippen molar-refractivity contribution < 1.29 is 8.42 Å². The number of sulfonamides is 1. The van der Waals surface area contributed by atoms with Gasteiger partial charge in [-0.2, -0.15) is 4.31 Å². The summed E-state index contributed by atoms with van der Waals surface area (Å²) in [6.07, 6.45) is 3.01. The van der Waals surface area contributed by atoms with Gasteiger partial charge >= 0.3 is 0 Å². The second kappa shape index (κ2) is 5.79. The Bertz CT molecular complexity index is 556. The molecule has 0 aromatic heterocycles. The SMILES string of the molecule is CNCc1cc(S(=O)(=O)N(C)C2CCC2)ccc1Cl. The molecule has 0 aliphatic heterocycles. The van der Waals surface area contributed by atoms with Crippen LogP contribution in [0.2, 0.25) is 5.02 Å². The van der Waals surface area contributed by atoms with Crippen LogP contribution in [-0.4, -0.2) is 32.9 Å². The zero-order valence-electron chi connectivity index (χ0n) is 11.2. The van der Waals surface area contributed by atoms with Gasteiger partial charge in [0, 0.05) is 24.7 Å². The third kappa shape index (κ3) is 2.94. The van der Waals surface area contributed by atoms with Crippen LogP contribution < -0.4 is 5.32 Å². The van der Waals surface area contributed by atoms with E-state index in [2.05, 4.69) is 5.32 Å². The highest BCUT2D eigenvalue weighted by Crippen LogP contribution is 2.29. The molecule has 1 aromatic carbocycles. The van der Waals surface area contributed by atoms with Crippen molar-refractivity contribution in [1.82, 2.24) is 9.62 Å². The molecule has 1 saturated carbocycles. The van der Waals surface area contributed by atoms with Crippen LogP contribution >= 0.6 is 11.6 Å². The van der Waals surface area contributed by atoms with E-state index in [9.17, 15) is 8.42 Å². The molecule has 0 amide bonds. The van der Waals surface area contributed by atoms with Crippen LogP contribution in [0.1, 0.15) is 24.8 Å². The number of hydrogen-bond acceptors (Lipinski definition) is 3. The number of benzene rings is 1. The maximum absolute atomic E-state index is 12.5. The minimum absolute atomic E-state index is 0.147. The van der Waals surface area contributed by atoms with Crippen molar-refractivity contribution >= 4 is 21.6 Å². The number of rotatable bonds is 5. The largest absolute Gasteiger partial charge is 0.316 e. The van der Waals surface area contributed by atoms with E-state index in [0.29, 0.717) is 16.5 Å². The second-order valence-corrected chi connectivity index (χ2v) is 7.29. The first-order chi connectivity index (χ1) is 8.96.